The van der Waals surface area contributed by atoms with Crippen LogP contribution in [0.3, 0.4) is 0 Å². The summed E-state index contributed by atoms with van der Waals surface area (Å²) in [4.78, 5) is 17.0. The maximum atomic E-state index is 12.5. The van der Waals surface area contributed by atoms with E-state index in [1.54, 1.807) is 22.7 Å². The second kappa shape index (κ2) is 6.43. The number of rotatable bonds is 5. The fraction of sp³-hybridized carbons (Fsp3) is 0.222. The molecule has 1 saturated carbocycles. The molecule has 1 aliphatic carbocycles. The zero-order valence-electron chi connectivity index (χ0n) is 12.8. The number of benzene rings is 1. The number of carbonyl (C=O) groups is 1. The molecule has 4 rings (SSSR count). The van der Waals surface area contributed by atoms with Crippen molar-refractivity contribution in [1.29, 1.82) is 0 Å². The fourth-order valence-corrected chi connectivity index (χ4v) is 4.56. The van der Waals surface area contributed by atoms with Gasteiger partial charge in [-0.15, -0.1) is 11.3 Å². The lowest BCUT2D eigenvalue weighted by Crippen LogP contribution is -2.35. The molecule has 0 atom stereocenters. The molecule has 1 N–H and O–H groups in total. The topological polar surface area (TPSA) is 42.0 Å². The Morgan fingerprint density at radius 3 is 2.67 bits per heavy atom. The van der Waals surface area contributed by atoms with Crippen LogP contribution in [0.15, 0.2) is 50.9 Å². The van der Waals surface area contributed by atoms with Crippen LogP contribution in [0.4, 0.5) is 0 Å². The third-order valence-corrected chi connectivity index (χ3v) is 6.34. The molecule has 0 spiro atoms. The predicted molar refractivity (Wildman–Crippen MR) is 102 cm³/mol. The van der Waals surface area contributed by atoms with Gasteiger partial charge >= 0.3 is 0 Å². The van der Waals surface area contributed by atoms with Gasteiger partial charge in [0.1, 0.15) is 5.01 Å². The maximum absolute atomic E-state index is 12.5. The van der Waals surface area contributed by atoms with Crippen LogP contribution in [0.25, 0.3) is 10.6 Å². The standard InChI is InChI=1S/C18H15BrN2OS2/c19-14-3-1-13(2-4-14)18(6-7-18)21-16(22)9-15-11-24-17(20-15)12-5-8-23-10-12/h1-5,8,10-11H,6-7,9H2,(H,21,22). The van der Waals surface area contributed by atoms with Gasteiger partial charge in [0, 0.05) is 20.8 Å². The molecule has 2 aromatic heterocycles. The molecular weight excluding hydrogens is 404 g/mol. The lowest BCUT2D eigenvalue weighted by atomic mass is 10.0. The summed E-state index contributed by atoms with van der Waals surface area (Å²) in [7, 11) is 0. The SMILES string of the molecule is O=C(Cc1csc(-c2ccsc2)n1)NC1(c2ccc(Br)cc2)CC1. The molecule has 0 aliphatic heterocycles. The van der Waals surface area contributed by atoms with Gasteiger partial charge in [-0.3, -0.25) is 4.79 Å². The Morgan fingerprint density at radius 2 is 2.00 bits per heavy atom. The van der Waals surface area contributed by atoms with Crippen LogP contribution in [0.5, 0.6) is 0 Å². The zero-order valence-corrected chi connectivity index (χ0v) is 16.0. The zero-order chi connectivity index (χ0) is 16.6. The van der Waals surface area contributed by atoms with Gasteiger partial charge in [-0.25, -0.2) is 4.98 Å². The normalized spacial score (nSPS) is 15.2. The highest BCUT2D eigenvalue weighted by molar-refractivity contribution is 9.10. The number of hydrogen-bond acceptors (Lipinski definition) is 4. The quantitative estimate of drug-likeness (QED) is 0.634. The number of nitrogens with one attached hydrogen (secondary N) is 1. The van der Waals surface area contributed by atoms with E-state index >= 15 is 0 Å². The van der Waals surface area contributed by atoms with E-state index in [0.29, 0.717) is 6.42 Å². The molecule has 1 amide bonds. The molecule has 2 heterocycles. The number of halogens is 1. The van der Waals surface area contributed by atoms with Crippen molar-refractivity contribution in [2.45, 2.75) is 24.8 Å². The lowest BCUT2D eigenvalue weighted by Gasteiger charge is -2.17. The smallest absolute Gasteiger partial charge is 0.226 e. The van der Waals surface area contributed by atoms with Crippen LogP contribution in [0, 0.1) is 0 Å². The molecule has 1 aliphatic rings. The van der Waals surface area contributed by atoms with Gasteiger partial charge in [0.15, 0.2) is 0 Å². The summed E-state index contributed by atoms with van der Waals surface area (Å²) < 4.78 is 1.05. The van der Waals surface area contributed by atoms with E-state index < -0.39 is 0 Å². The van der Waals surface area contributed by atoms with E-state index in [-0.39, 0.29) is 11.4 Å². The number of carbonyl (C=O) groups excluding carboxylic acids is 1. The average molecular weight is 419 g/mol. The van der Waals surface area contributed by atoms with Crippen molar-refractivity contribution >= 4 is 44.5 Å². The minimum atomic E-state index is -0.177. The van der Waals surface area contributed by atoms with Gasteiger partial charge in [-0.1, -0.05) is 28.1 Å². The lowest BCUT2D eigenvalue weighted by molar-refractivity contribution is -0.121. The first-order valence-electron chi connectivity index (χ1n) is 7.69. The minimum Gasteiger partial charge on any atom is -0.346 e. The van der Waals surface area contributed by atoms with Crippen molar-refractivity contribution in [3.8, 4) is 10.6 Å². The Bertz CT molecular complexity index is 852. The van der Waals surface area contributed by atoms with Gasteiger partial charge in [0.05, 0.1) is 17.7 Å². The summed E-state index contributed by atoms with van der Waals surface area (Å²) in [6, 6.07) is 10.3. The molecule has 0 bridgehead atoms. The summed E-state index contributed by atoms with van der Waals surface area (Å²) >= 11 is 6.70. The molecule has 1 aromatic carbocycles. The van der Waals surface area contributed by atoms with Crippen LogP contribution >= 0.6 is 38.6 Å². The highest BCUT2D eigenvalue weighted by atomic mass is 79.9. The van der Waals surface area contributed by atoms with E-state index in [1.165, 1.54) is 5.56 Å². The van der Waals surface area contributed by atoms with Crippen LogP contribution < -0.4 is 5.32 Å². The maximum Gasteiger partial charge on any atom is 0.226 e. The molecule has 0 unspecified atom stereocenters. The first-order valence-corrected chi connectivity index (χ1v) is 10.3. The number of thiophene rings is 1. The highest BCUT2D eigenvalue weighted by Crippen LogP contribution is 2.45. The fourth-order valence-electron chi connectivity index (χ4n) is 2.76. The van der Waals surface area contributed by atoms with Crippen molar-refractivity contribution in [2.24, 2.45) is 0 Å². The Morgan fingerprint density at radius 1 is 1.21 bits per heavy atom. The van der Waals surface area contributed by atoms with Gasteiger partial charge in [0.25, 0.3) is 0 Å². The molecule has 3 nitrogen and oxygen atoms in total. The number of hydrogen-bond donors (Lipinski definition) is 1. The molecule has 3 aromatic rings. The molecule has 0 saturated heterocycles. The Kier molecular flexibility index (Phi) is 4.28. The van der Waals surface area contributed by atoms with Crippen LogP contribution in [0.1, 0.15) is 24.1 Å². The van der Waals surface area contributed by atoms with Gasteiger partial charge in [-0.2, -0.15) is 11.3 Å². The molecule has 6 heteroatoms. The van der Waals surface area contributed by atoms with E-state index in [4.69, 9.17) is 0 Å². The Balaban J connectivity index is 1.43. The van der Waals surface area contributed by atoms with E-state index in [9.17, 15) is 4.79 Å². The third-order valence-electron chi connectivity index (χ3n) is 4.19. The highest BCUT2D eigenvalue weighted by Gasteiger charge is 2.45. The van der Waals surface area contributed by atoms with Gasteiger partial charge in [-0.05, 0) is 42.0 Å². The molecule has 0 radical (unpaired) electrons. The van der Waals surface area contributed by atoms with Crippen LogP contribution in [-0.2, 0) is 16.8 Å². The summed E-state index contributed by atoms with van der Waals surface area (Å²) in [5.74, 6) is 0.0394. The minimum absolute atomic E-state index is 0.0394. The van der Waals surface area contributed by atoms with Crippen molar-refractivity contribution in [1.82, 2.24) is 10.3 Å². The Hall–Kier alpha value is -1.50. The molecular formula is C18H15BrN2OS2. The number of nitrogens with zero attached hydrogens (tertiary/aromatic N) is 1. The summed E-state index contributed by atoms with van der Waals surface area (Å²) in [6.07, 6.45) is 2.33. The van der Waals surface area contributed by atoms with Crippen LogP contribution in [0.2, 0.25) is 0 Å². The van der Waals surface area contributed by atoms with Gasteiger partial charge < -0.3 is 5.32 Å². The molecule has 1 fully saturated rings. The first kappa shape index (κ1) is 16.0. The largest absolute Gasteiger partial charge is 0.346 e. The number of aromatic nitrogens is 1. The second-order valence-electron chi connectivity index (χ2n) is 5.97. The number of thiazole rings is 1. The summed E-state index contributed by atoms with van der Waals surface area (Å²) in [6.45, 7) is 0. The van der Waals surface area contributed by atoms with Crippen molar-refractivity contribution in [3.05, 3.63) is 62.2 Å². The summed E-state index contributed by atoms with van der Waals surface area (Å²) in [5, 5.41) is 10.3. The van der Waals surface area contributed by atoms with Crippen molar-refractivity contribution in [2.75, 3.05) is 0 Å². The first-order chi connectivity index (χ1) is 11.6. The van der Waals surface area contributed by atoms with E-state index in [0.717, 1.165) is 33.6 Å². The van der Waals surface area contributed by atoms with Crippen molar-refractivity contribution in [3.63, 3.8) is 0 Å². The average Bonchev–Trinajstić information content (AvgIpc) is 3.00. The van der Waals surface area contributed by atoms with E-state index in [2.05, 4.69) is 49.8 Å². The second-order valence-corrected chi connectivity index (χ2v) is 8.52. The van der Waals surface area contributed by atoms with Crippen molar-refractivity contribution < 1.29 is 4.79 Å². The van der Waals surface area contributed by atoms with Gasteiger partial charge in [0.2, 0.25) is 5.91 Å². The monoisotopic (exact) mass is 418 g/mol. The Labute approximate surface area is 156 Å². The predicted octanol–water partition coefficient (Wildman–Crippen LogP) is 4.98. The number of amides is 1. The summed E-state index contributed by atoms with van der Waals surface area (Å²) in [5.41, 5.74) is 2.97. The third kappa shape index (κ3) is 3.31. The van der Waals surface area contributed by atoms with Crippen LogP contribution in [-0.4, -0.2) is 10.9 Å². The van der Waals surface area contributed by atoms with E-state index in [1.807, 2.05) is 22.9 Å². The molecule has 122 valence electrons. The molecule has 24 heavy (non-hydrogen) atoms.